The van der Waals surface area contributed by atoms with Crippen LogP contribution in [0.15, 0.2) is 77.8 Å². The zero-order chi connectivity index (χ0) is 18.4. The molecule has 0 fully saturated rings. The minimum absolute atomic E-state index is 0.268. The van der Waals surface area contributed by atoms with E-state index in [0.717, 1.165) is 5.56 Å². The SMILES string of the molecule is C=NC(=CC=CC)c1nc(-c2ccccc2)n(Cc2ccccc2F)n1. The van der Waals surface area contributed by atoms with Gasteiger partial charge in [-0.25, -0.2) is 14.1 Å². The van der Waals surface area contributed by atoms with Crippen LogP contribution in [0.1, 0.15) is 18.3 Å². The van der Waals surface area contributed by atoms with E-state index >= 15 is 0 Å². The van der Waals surface area contributed by atoms with E-state index in [1.165, 1.54) is 6.07 Å². The number of nitrogens with zero attached hydrogens (tertiary/aromatic N) is 4. The first-order valence-electron chi connectivity index (χ1n) is 8.26. The second-order valence-electron chi connectivity index (χ2n) is 5.61. The first-order valence-corrected chi connectivity index (χ1v) is 8.26. The van der Waals surface area contributed by atoms with Gasteiger partial charge in [0.1, 0.15) is 11.5 Å². The molecule has 5 heteroatoms. The van der Waals surface area contributed by atoms with Gasteiger partial charge in [0, 0.05) is 11.1 Å². The number of hydrogen-bond donors (Lipinski definition) is 0. The highest BCUT2D eigenvalue weighted by Gasteiger charge is 2.15. The Kier molecular flexibility index (Phi) is 5.49. The molecule has 0 bridgehead atoms. The van der Waals surface area contributed by atoms with Gasteiger partial charge in [-0.05, 0) is 25.8 Å². The summed E-state index contributed by atoms with van der Waals surface area (Å²) < 4.78 is 15.8. The lowest BCUT2D eigenvalue weighted by atomic mass is 10.2. The van der Waals surface area contributed by atoms with E-state index in [1.807, 2.05) is 49.4 Å². The van der Waals surface area contributed by atoms with Crippen molar-refractivity contribution in [2.75, 3.05) is 0 Å². The minimum atomic E-state index is -0.268. The van der Waals surface area contributed by atoms with E-state index < -0.39 is 0 Å². The summed E-state index contributed by atoms with van der Waals surface area (Å²) >= 11 is 0. The molecule has 0 unspecified atom stereocenters. The molecule has 0 aliphatic carbocycles. The first-order chi connectivity index (χ1) is 12.7. The van der Waals surface area contributed by atoms with Crippen molar-refractivity contribution >= 4 is 12.4 Å². The van der Waals surface area contributed by atoms with Crippen LogP contribution in [0.5, 0.6) is 0 Å². The lowest BCUT2D eigenvalue weighted by molar-refractivity contribution is 0.586. The molecule has 3 aromatic rings. The second kappa shape index (κ2) is 8.16. The maximum Gasteiger partial charge on any atom is 0.200 e. The molecular formula is C21H19FN4. The van der Waals surface area contributed by atoms with Gasteiger partial charge in [-0.15, -0.1) is 5.10 Å². The molecule has 4 nitrogen and oxygen atoms in total. The zero-order valence-electron chi connectivity index (χ0n) is 14.5. The number of benzene rings is 2. The Morgan fingerprint density at radius 1 is 1.15 bits per heavy atom. The third kappa shape index (κ3) is 3.83. The van der Waals surface area contributed by atoms with Crippen molar-refractivity contribution in [3.05, 3.63) is 90.0 Å². The van der Waals surface area contributed by atoms with Crippen molar-refractivity contribution in [3.63, 3.8) is 0 Å². The van der Waals surface area contributed by atoms with Crippen molar-refractivity contribution in [3.8, 4) is 11.4 Å². The van der Waals surface area contributed by atoms with Crippen LogP contribution >= 0.6 is 0 Å². The van der Waals surface area contributed by atoms with Crippen LogP contribution in [0.3, 0.4) is 0 Å². The molecule has 0 atom stereocenters. The summed E-state index contributed by atoms with van der Waals surface area (Å²) in [5.41, 5.74) is 2.01. The molecular weight excluding hydrogens is 327 g/mol. The van der Waals surface area contributed by atoms with Gasteiger partial charge in [-0.3, -0.25) is 4.99 Å². The highest BCUT2D eigenvalue weighted by atomic mass is 19.1. The largest absolute Gasteiger partial charge is 0.261 e. The summed E-state index contributed by atoms with van der Waals surface area (Å²) in [6, 6.07) is 16.4. The van der Waals surface area contributed by atoms with Crippen molar-refractivity contribution in [2.45, 2.75) is 13.5 Å². The molecule has 1 heterocycles. The minimum Gasteiger partial charge on any atom is -0.261 e. The summed E-state index contributed by atoms with van der Waals surface area (Å²) in [6.07, 6.45) is 5.54. The molecule has 0 aliphatic rings. The van der Waals surface area contributed by atoms with E-state index in [4.69, 9.17) is 0 Å². The number of rotatable bonds is 6. The number of aliphatic imine (C=N–C) groups is 1. The molecule has 1 aromatic heterocycles. The Labute approximate surface area is 152 Å². The summed E-state index contributed by atoms with van der Waals surface area (Å²) in [4.78, 5) is 8.64. The van der Waals surface area contributed by atoms with Crippen LogP contribution in [-0.4, -0.2) is 21.5 Å². The molecule has 0 N–H and O–H groups in total. The smallest absolute Gasteiger partial charge is 0.200 e. The fourth-order valence-corrected chi connectivity index (χ4v) is 2.53. The standard InChI is InChI=1S/C21H19FN4/c1-3-4-14-19(23-2)20-24-21(16-10-6-5-7-11-16)26(25-20)15-17-12-8-9-13-18(17)22/h3-14H,2,15H2,1H3. The monoisotopic (exact) mass is 346 g/mol. The van der Waals surface area contributed by atoms with E-state index in [9.17, 15) is 4.39 Å². The van der Waals surface area contributed by atoms with Gasteiger partial charge < -0.3 is 0 Å². The number of allylic oxidation sites excluding steroid dienone is 3. The quantitative estimate of drug-likeness (QED) is 0.477. The number of aromatic nitrogens is 3. The predicted molar refractivity (Wildman–Crippen MR) is 103 cm³/mol. The fraction of sp³-hybridized carbons (Fsp3) is 0.0952. The van der Waals surface area contributed by atoms with Crippen molar-refractivity contribution in [1.29, 1.82) is 0 Å². The first kappa shape index (κ1) is 17.5. The summed E-state index contributed by atoms with van der Waals surface area (Å²) in [5, 5.41) is 4.55. The van der Waals surface area contributed by atoms with Gasteiger partial charge in [0.05, 0.1) is 6.54 Å². The average molecular weight is 346 g/mol. The molecule has 0 saturated carbocycles. The van der Waals surface area contributed by atoms with Crippen molar-refractivity contribution in [1.82, 2.24) is 14.8 Å². The van der Waals surface area contributed by atoms with Crippen LogP contribution in [0, 0.1) is 5.82 Å². The third-order valence-electron chi connectivity index (χ3n) is 3.83. The normalized spacial score (nSPS) is 11.8. The molecule has 0 radical (unpaired) electrons. The van der Waals surface area contributed by atoms with Gasteiger partial charge >= 0.3 is 0 Å². The van der Waals surface area contributed by atoms with E-state index in [-0.39, 0.29) is 12.4 Å². The molecule has 130 valence electrons. The topological polar surface area (TPSA) is 43.1 Å². The zero-order valence-corrected chi connectivity index (χ0v) is 14.5. The van der Waals surface area contributed by atoms with Crippen molar-refractivity contribution in [2.24, 2.45) is 4.99 Å². The van der Waals surface area contributed by atoms with E-state index in [0.29, 0.717) is 22.9 Å². The Morgan fingerprint density at radius 2 is 1.88 bits per heavy atom. The molecule has 0 spiro atoms. The lowest BCUT2D eigenvalue weighted by Crippen LogP contribution is -2.06. The molecule has 0 amide bonds. The summed E-state index contributed by atoms with van der Waals surface area (Å²) in [7, 11) is 0. The maximum atomic E-state index is 14.1. The van der Waals surface area contributed by atoms with Crippen LogP contribution in [-0.2, 0) is 6.54 Å². The molecule has 0 saturated heterocycles. The highest BCUT2D eigenvalue weighted by molar-refractivity contribution is 5.66. The van der Waals surface area contributed by atoms with E-state index in [1.54, 1.807) is 29.0 Å². The predicted octanol–water partition coefficient (Wildman–Crippen LogP) is 4.75. The van der Waals surface area contributed by atoms with Crippen LogP contribution in [0.25, 0.3) is 17.1 Å². The second-order valence-corrected chi connectivity index (χ2v) is 5.61. The van der Waals surface area contributed by atoms with Crippen LogP contribution in [0.2, 0.25) is 0 Å². The Hall–Kier alpha value is -3.34. The molecule has 2 aromatic carbocycles. The van der Waals surface area contributed by atoms with Gasteiger partial charge in [-0.1, -0.05) is 60.7 Å². The third-order valence-corrected chi connectivity index (χ3v) is 3.83. The van der Waals surface area contributed by atoms with Gasteiger partial charge in [0.25, 0.3) is 0 Å². The number of hydrogen-bond acceptors (Lipinski definition) is 3. The number of halogens is 1. The fourth-order valence-electron chi connectivity index (χ4n) is 2.53. The van der Waals surface area contributed by atoms with Crippen LogP contribution in [0.4, 0.5) is 4.39 Å². The van der Waals surface area contributed by atoms with Crippen molar-refractivity contribution < 1.29 is 4.39 Å². The average Bonchev–Trinajstić information content (AvgIpc) is 3.09. The van der Waals surface area contributed by atoms with E-state index in [2.05, 4.69) is 21.8 Å². The van der Waals surface area contributed by atoms with Gasteiger partial charge in [-0.2, -0.15) is 0 Å². The van der Waals surface area contributed by atoms with Gasteiger partial charge in [0.15, 0.2) is 11.6 Å². The molecule has 26 heavy (non-hydrogen) atoms. The summed E-state index contributed by atoms with van der Waals surface area (Å²) in [6.45, 7) is 5.79. The molecule has 3 rings (SSSR count). The summed E-state index contributed by atoms with van der Waals surface area (Å²) in [5.74, 6) is 0.835. The maximum absolute atomic E-state index is 14.1. The Morgan fingerprint density at radius 3 is 2.58 bits per heavy atom. The van der Waals surface area contributed by atoms with Crippen LogP contribution < -0.4 is 0 Å². The highest BCUT2D eigenvalue weighted by Crippen LogP contribution is 2.22. The lowest BCUT2D eigenvalue weighted by Gasteiger charge is -2.07. The Balaban J connectivity index is 2.09. The Bertz CT molecular complexity index is 955. The van der Waals surface area contributed by atoms with Gasteiger partial charge in [0.2, 0.25) is 0 Å². The molecule has 0 aliphatic heterocycles.